The predicted molar refractivity (Wildman–Crippen MR) is 81.1 cm³/mol. The van der Waals surface area contributed by atoms with Gasteiger partial charge in [-0.1, -0.05) is 0 Å². The molecular weight excluding hydrogens is 268 g/mol. The lowest BCUT2D eigenvalue weighted by molar-refractivity contribution is -0.125. The number of carbonyl (C=O) groups is 2. The third kappa shape index (κ3) is 3.93. The van der Waals surface area contributed by atoms with E-state index in [1.807, 2.05) is 26.0 Å². The van der Waals surface area contributed by atoms with Crippen molar-refractivity contribution in [3.05, 3.63) is 23.4 Å². The molecule has 2 rings (SSSR count). The van der Waals surface area contributed by atoms with Crippen LogP contribution in [0.15, 0.2) is 12.1 Å². The summed E-state index contributed by atoms with van der Waals surface area (Å²) in [4.78, 5) is 30.0. The number of hydrogen-bond donors (Lipinski definition) is 2. The Balaban J connectivity index is 2.01. The third-order valence-corrected chi connectivity index (χ3v) is 3.66. The SMILES string of the molecule is CNC(=O)[C@@H]1CCCN(C(=O)Nc2cc(C)cc(C)n2)C1. The van der Waals surface area contributed by atoms with Crippen molar-refractivity contribution in [2.75, 3.05) is 25.5 Å². The Labute approximate surface area is 124 Å². The molecule has 0 bridgehead atoms. The Morgan fingerprint density at radius 3 is 2.76 bits per heavy atom. The normalized spacial score (nSPS) is 18.2. The molecule has 6 nitrogen and oxygen atoms in total. The van der Waals surface area contributed by atoms with E-state index in [0.29, 0.717) is 18.9 Å². The molecule has 1 saturated heterocycles. The highest BCUT2D eigenvalue weighted by Gasteiger charge is 2.27. The second kappa shape index (κ2) is 6.56. The van der Waals surface area contributed by atoms with Crippen molar-refractivity contribution in [3.63, 3.8) is 0 Å². The molecule has 1 aliphatic heterocycles. The maximum atomic E-state index is 12.3. The zero-order valence-electron chi connectivity index (χ0n) is 12.8. The number of pyridine rings is 1. The first-order chi connectivity index (χ1) is 9.99. The maximum Gasteiger partial charge on any atom is 0.323 e. The molecule has 0 radical (unpaired) electrons. The van der Waals surface area contributed by atoms with E-state index in [-0.39, 0.29) is 17.9 Å². The molecular formula is C15H22N4O2. The molecule has 1 aromatic rings. The summed E-state index contributed by atoms with van der Waals surface area (Å²) in [5.41, 5.74) is 1.92. The molecule has 1 aliphatic rings. The molecule has 1 aromatic heterocycles. The Bertz CT molecular complexity index is 524. The summed E-state index contributed by atoms with van der Waals surface area (Å²) < 4.78 is 0. The van der Waals surface area contributed by atoms with E-state index in [2.05, 4.69) is 15.6 Å². The summed E-state index contributed by atoms with van der Waals surface area (Å²) in [6.07, 6.45) is 1.66. The smallest absolute Gasteiger partial charge is 0.323 e. The molecule has 21 heavy (non-hydrogen) atoms. The van der Waals surface area contributed by atoms with Gasteiger partial charge in [-0.3, -0.25) is 10.1 Å². The molecule has 1 fully saturated rings. The Kier molecular flexibility index (Phi) is 4.77. The van der Waals surface area contributed by atoms with Crippen LogP contribution in [0.5, 0.6) is 0 Å². The van der Waals surface area contributed by atoms with Gasteiger partial charge < -0.3 is 10.2 Å². The van der Waals surface area contributed by atoms with Crippen LogP contribution in [0.4, 0.5) is 10.6 Å². The highest BCUT2D eigenvalue weighted by atomic mass is 16.2. The standard InChI is InChI=1S/C15H22N4O2/c1-10-7-11(2)17-13(8-10)18-15(21)19-6-4-5-12(9-19)14(20)16-3/h7-8,12H,4-6,9H2,1-3H3,(H,16,20)(H,17,18,21)/t12-/m1/s1. The van der Waals surface area contributed by atoms with Gasteiger partial charge in [-0.2, -0.15) is 0 Å². The number of aryl methyl sites for hydroxylation is 2. The van der Waals surface area contributed by atoms with E-state index >= 15 is 0 Å². The average molecular weight is 290 g/mol. The van der Waals surface area contributed by atoms with Crippen molar-refractivity contribution in [2.24, 2.45) is 5.92 Å². The predicted octanol–water partition coefficient (Wildman–Crippen LogP) is 1.69. The van der Waals surface area contributed by atoms with Crippen LogP contribution in [0.3, 0.4) is 0 Å². The second-order valence-corrected chi connectivity index (χ2v) is 5.50. The number of piperidine rings is 1. The fourth-order valence-corrected chi connectivity index (χ4v) is 2.67. The lowest BCUT2D eigenvalue weighted by atomic mass is 9.97. The Morgan fingerprint density at radius 2 is 2.10 bits per heavy atom. The highest BCUT2D eigenvalue weighted by molar-refractivity contribution is 5.89. The first kappa shape index (κ1) is 15.3. The van der Waals surface area contributed by atoms with Crippen LogP contribution in [0, 0.1) is 19.8 Å². The molecule has 0 spiro atoms. The molecule has 1 atom stereocenters. The number of hydrogen-bond acceptors (Lipinski definition) is 3. The zero-order valence-corrected chi connectivity index (χ0v) is 12.8. The van der Waals surface area contributed by atoms with Crippen molar-refractivity contribution in [1.82, 2.24) is 15.2 Å². The monoisotopic (exact) mass is 290 g/mol. The summed E-state index contributed by atoms with van der Waals surface area (Å²) in [6.45, 7) is 4.98. The number of urea groups is 1. The second-order valence-electron chi connectivity index (χ2n) is 5.50. The minimum absolute atomic E-state index is 0.00275. The number of likely N-dealkylation sites (tertiary alicyclic amines) is 1. The maximum absolute atomic E-state index is 12.3. The fraction of sp³-hybridized carbons (Fsp3) is 0.533. The number of nitrogens with one attached hydrogen (secondary N) is 2. The lowest BCUT2D eigenvalue weighted by Crippen LogP contribution is -2.46. The highest BCUT2D eigenvalue weighted by Crippen LogP contribution is 2.18. The van der Waals surface area contributed by atoms with E-state index in [1.165, 1.54) is 0 Å². The summed E-state index contributed by atoms with van der Waals surface area (Å²) in [5, 5.41) is 5.46. The van der Waals surface area contributed by atoms with Crippen LogP contribution in [0.25, 0.3) is 0 Å². The van der Waals surface area contributed by atoms with Crippen molar-refractivity contribution in [3.8, 4) is 0 Å². The van der Waals surface area contributed by atoms with Gasteiger partial charge in [-0.05, 0) is 44.4 Å². The minimum atomic E-state index is -0.193. The van der Waals surface area contributed by atoms with Crippen LogP contribution in [-0.4, -0.2) is 42.0 Å². The van der Waals surface area contributed by atoms with Gasteiger partial charge in [0, 0.05) is 25.8 Å². The first-order valence-electron chi connectivity index (χ1n) is 7.22. The van der Waals surface area contributed by atoms with E-state index in [9.17, 15) is 9.59 Å². The number of amides is 3. The van der Waals surface area contributed by atoms with Crippen molar-refractivity contribution in [1.29, 1.82) is 0 Å². The summed E-state index contributed by atoms with van der Waals surface area (Å²) in [6, 6.07) is 3.60. The van der Waals surface area contributed by atoms with Gasteiger partial charge in [-0.15, -0.1) is 0 Å². The topological polar surface area (TPSA) is 74.3 Å². The lowest BCUT2D eigenvalue weighted by Gasteiger charge is -2.31. The molecule has 0 saturated carbocycles. The number of rotatable bonds is 2. The summed E-state index contributed by atoms with van der Waals surface area (Å²) >= 11 is 0. The number of nitrogens with zero attached hydrogens (tertiary/aromatic N) is 2. The van der Waals surface area contributed by atoms with Crippen molar-refractivity contribution in [2.45, 2.75) is 26.7 Å². The van der Waals surface area contributed by atoms with Crippen LogP contribution >= 0.6 is 0 Å². The fourth-order valence-electron chi connectivity index (χ4n) is 2.67. The van der Waals surface area contributed by atoms with Gasteiger partial charge in [-0.25, -0.2) is 9.78 Å². The van der Waals surface area contributed by atoms with Crippen LogP contribution < -0.4 is 10.6 Å². The van der Waals surface area contributed by atoms with E-state index in [1.54, 1.807) is 11.9 Å². The molecule has 0 unspecified atom stereocenters. The zero-order chi connectivity index (χ0) is 15.4. The van der Waals surface area contributed by atoms with Gasteiger partial charge >= 0.3 is 6.03 Å². The van der Waals surface area contributed by atoms with Crippen molar-refractivity contribution < 1.29 is 9.59 Å². The van der Waals surface area contributed by atoms with Gasteiger partial charge in [0.25, 0.3) is 0 Å². The molecule has 0 aliphatic carbocycles. The summed E-state index contributed by atoms with van der Waals surface area (Å²) in [7, 11) is 1.63. The number of anilines is 1. The van der Waals surface area contributed by atoms with E-state index in [0.717, 1.165) is 24.1 Å². The largest absolute Gasteiger partial charge is 0.359 e. The Morgan fingerprint density at radius 1 is 1.33 bits per heavy atom. The van der Waals surface area contributed by atoms with Crippen molar-refractivity contribution >= 4 is 17.8 Å². The van der Waals surface area contributed by atoms with Gasteiger partial charge in [0.2, 0.25) is 5.91 Å². The molecule has 2 N–H and O–H groups in total. The number of aromatic nitrogens is 1. The van der Waals surface area contributed by atoms with Gasteiger partial charge in [0.1, 0.15) is 5.82 Å². The molecule has 114 valence electrons. The van der Waals surface area contributed by atoms with Gasteiger partial charge in [0.15, 0.2) is 0 Å². The number of carbonyl (C=O) groups excluding carboxylic acids is 2. The molecule has 3 amide bonds. The van der Waals surface area contributed by atoms with Crippen LogP contribution in [-0.2, 0) is 4.79 Å². The molecule has 0 aromatic carbocycles. The van der Waals surface area contributed by atoms with Crippen LogP contribution in [0.2, 0.25) is 0 Å². The van der Waals surface area contributed by atoms with E-state index in [4.69, 9.17) is 0 Å². The third-order valence-electron chi connectivity index (χ3n) is 3.66. The van der Waals surface area contributed by atoms with E-state index < -0.39 is 0 Å². The van der Waals surface area contributed by atoms with Gasteiger partial charge in [0.05, 0.1) is 5.92 Å². The first-order valence-corrected chi connectivity index (χ1v) is 7.22. The molecule has 6 heteroatoms. The summed E-state index contributed by atoms with van der Waals surface area (Å²) in [5.74, 6) is 0.429. The quantitative estimate of drug-likeness (QED) is 0.870. The van der Waals surface area contributed by atoms with Crippen LogP contribution in [0.1, 0.15) is 24.1 Å². The minimum Gasteiger partial charge on any atom is -0.359 e. The average Bonchev–Trinajstić information content (AvgIpc) is 2.45. The Hall–Kier alpha value is -2.11. The molecule has 2 heterocycles.